The van der Waals surface area contributed by atoms with Gasteiger partial charge < -0.3 is 10.0 Å². The maximum Gasteiger partial charge on any atom is 0.249 e. The van der Waals surface area contributed by atoms with Crippen molar-refractivity contribution in [2.45, 2.75) is 4.21 Å². The summed E-state index contributed by atoms with van der Waals surface area (Å²) in [5, 5.41) is 14.1. The first-order valence-corrected chi connectivity index (χ1v) is 6.12. The molecule has 0 aliphatic carbocycles. The van der Waals surface area contributed by atoms with Gasteiger partial charge in [0, 0.05) is 13.6 Å². The molecule has 1 heterocycles. The quantitative estimate of drug-likeness (QED) is 0.716. The Balaban J connectivity index is 2.88. The number of aliphatic hydroxyl groups excluding tert-OH is 1. The summed E-state index contributed by atoms with van der Waals surface area (Å²) in [4.78, 5) is 5.53. The molecule has 1 aromatic heterocycles. The maximum atomic E-state index is 10.9. The van der Waals surface area contributed by atoms with Gasteiger partial charge in [-0.05, 0) is 0 Å². The highest BCUT2D eigenvalue weighted by Crippen LogP contribution is 2.23. The lowest BCUT2D eigenvalue weighted by atomic mass is 10.6. The molecule has 0 atom stereocenters. The average Bonchev–Trinajstić information content (AvgIpc) is 2.51. The van der Waals surface area contributed by atoms with Crippen LogP contribution in [0.3, 0.4) is 0 Å². The fourth-order valence-corrected chi connectivity index (χ4v) is 2.33. The zero-order valence-corrected chi connectivity index (χ0v) is 9.18. The van der Waals surface area contributed by atoms with Gasteiger partial charge in [-0.1, -0.05) is 11.3 Å². The zero-order chi connectivity index (χ0) is 10.8. The van der Waals surface area contributed by atoms with Crippen LogP contribution in [0.4, 0.5) is 5.13 Å². The van der Waals surface area contributed by atoms with E-state index in [0.29, 0.717) is 11.7 Å². The number of sulfonamides is 1. The summed E-state index contributed by atoms with van der Waals surface area (Å²) in [7, 11) is -1.95. The molecule has 0 aliphatic rings. The number of anilines is 1. The Morgan fingerprint density at radius 2 is 2.36 bits per heavy atom. The van der Waals surface area contributed by atoms with Gasteiger partial charge >= 0.3 is 0 Å². The van der Waals surface area contributed by atoms with Gasteiger partial charge in [-0.3, -0.25) is 0 Å². The van der Waals surface area contributed by atoms with Crippen molar-refractivity contribution >= 4 is 26.5 Å². The van der Waals surface area contributed by atoms with Crippen LogP contribution >= 0.6 is 11.3 Å². The predicted octanol–water partition coefficient (Wildman–Crippen LogP) is -0.781. The Bertz CT molecular complexity index is 400. The summed E-state index contributed by atoms with van der Waals surface area (Å²) in [6.45, 7) is 0.387. The molecule has 1 rings (SSSR count). The van der Waals surface area contributed by atoms with Crippen molar-refractivity contribution in [2.75, 3.05) is 25.1 Å². The van der Waals surface area contributed by atoms with Crippen molar-refractivity contribution < 1.29 is 13.5 Å². The second-order valence-corrected chi connectivity index (χ2v) is 5.45. The largest absolute Gasteiger partial charge is 0.395 e. The van der Waals surface area contributed by atoms with Crippen LogP contribution in [-0.4, -0.2) is 38.7 Å². The van der Waals surface area contributed by atoms with Gasteiger partial charge in [0.1, 0.15) is 0 Å². The molecule has 0 amide bonds. The minimum absolute atomic E-state index is 0.0131. The Labute approximate surface area is 86.0 Å². The topological polar surface area (TPSA) is 96.5 Å². The van der Waals surface area contributed by atoms with E-state index in [9.17, 15) is 8.42 Å². The van der Waals surface area contributed by atoms with Crippen molar-refractivity contribution in [3.8, 4) is 0 Å². The number of aromatic nitrogens is 1. The normalized spacial score (nSPS) is 11.6. The van der Waals surface area contributed by atoms with E-state index in [1.165, 1.54) is 6.20 Å². The monoisotopic (exact) mass is 237 g/mol. The first-order chi connectivity index (χ1) is 6.45. The van der Waals surface area contributed by atoms with Gasteiger partial charge in [0.25, 0.3) is 0 Å². The third kappa shape index (κ3) is 2.64. The van der Waals surface area contributed by atoms with Crippen molar-refractivity contribution in [3.63, 3.8) is 0 Å². The first-order valence-electron chi connectivity index (χ1n) is 3.76. The molecule has 8 heteroatoms. The van der Waals surface area contributed by atoms with Gasteiger partial charge in [-0.2, -0.15) is 0 Å². The number of primary sulfonamides is 1. The molecule has 0 radical (unpaired) electrons. The summed E-state index contributed by atoms with van der Waals surface area (Å²) >= 11 is 0.979. The van der Waals surface area contributed by atoms with Crippen LogP contribution < -0.4 is 10.0 Å². The second-order valence-electron chi connectivity index (χ2n) is 2.65. The van der Waals surface area contributed by atoms with E-state index in [2.05, 4.69) is 4.98 Å². The van der Waals surface area contributed by atoms with Gasteiger partial charge in [-0.25, -0.2) is 18.5 Å². The summed E-state index contributed by atoms with van der Waals surface area (Å²) in [6.07, 6.45) is 1.21. The van der Waals surface area contributed by atoms with E-state index >= 15 is 0 Å². The second kappa shape index (κ2) is 4.22. The standard InChI is InChI=1S/C6H11N3O3S2/c1-9(2-3-10)6-8-4-5(13-6)14(7,11)12/h4,10H,2-3H2,1H3,(H2,7,11,12). The number of nitrogens with two attached hydrogens (primary N) is 1. The molecule has 0 aromatic carbocycles. The maximum absolute atomic E-state index is 10.9. The predicted molar refractivity (Wildman–Crippen MR) is 53.8 cm³/mol. The summed E-state index contributed by atoms with van der Waals surface area (Å²) in [5.74, 6) is 0. The molecular formula is C6H11N3O3S2. The van der Waals surface area contributed by atoms with E-state index in [-0.39, 0.29) is 10.8 Å². The average molecular weight is 237 g/mol. The Morgan fingerprint density at radius 1 is 1.71 bits per heavy atom. The minimum Gasteiger partial charge on any atom is -0.395 e. The summed E-state index contributed by atoms with van der Waals surface area (Å²) in [5.41, 5.74) is 0. The molecule has 1 aromatic rings. The van der Waals surface area contributed by atoms with Gasteiger partial charge in [0.2, 0.25) is 10.0 Å². The van der Waals surface area contributed by atoms with Crippen LogP contribution in [0, 0.1) is 0 Å². The lowest BCUT2D eigenvalue weighted by Crippen LogP contribution is -2.20. The van der Waals surface area contributed by atoms with Crippen LogP contribution in [0.5, 0.6) is 0 Å². The van der Waals surface area contributed by atoms with Gasteiger partial charge in [0.15, 0.2) is 9.34 Å². The lowest BCUT2D eigenvalue weighted by molar-refractivity contribution is 0.304. The van der Waals surface area contributed by atoms with Crippen LogP contribution in [0.15, 0.2) is 10.4 Å². The molecule has 0 bridgehead atoms. The third-order valence-electron chi connectivity index (χ3n) is 1.51. The number of hydrogen-bond acceptors (Lipinski definition) is 6. The molecule has 80 valence electrons. The summed E-state index contributed by atoms with van der Waals surface area (Å²) < 4.78 is 21.8. The van der Waals surface area contributed by atoms with Crippen molar-refractivity contribution in [3.05, 3.63) is 6.20 Å². The molecular weight excluding hydrogens is 226 g/mol. The number of rotatable bonds is 4. The molecule has 6 nitrogen and oxygen atoms in total. The molecule has 0 fully saturated rings. The molecule has 0 aliphatic heterocycles. The number of aliphatic hydroxyl groups is 1. The fraction of sp³-hybridized carbons (Fsp3) is 0.500. The minimum atomic E-state index is -3.66. The number of thiazole rings is 1. The Kier molecular flexibility index (Phi) is 3.43. The fourth-order valence-electron chi connectivity index (χ4n) is 0.804. The van der Waals surface area contributed by atoms with Gasteiger partial charge in [-0.15, -0.1) is 0 Å². The summed E-state index contributed by atoms with van der Waals surface area (Å²) in [6, 6.07) is 0. The molecule has 0 unspecified atom stereocenters. The van der Waals surface area contributed by atoms with Crippen molar-refractivity contribution in [1.29, 1.82) is 0 Å². The smallest absolute Gasteiger partial charge is 0.249 e. The zero-order valence-electron chi connectivity index (χ0n) is 7.54. The lowest BCUT2D eigenvalue weighted by Gasteiger charge is -2.12. The molecule has 0 saturated heterocycles. The van der Waals surface area contributed by atoms with Crippen LogP contribution in [0.1, 0.15) is 0 Å². The van der Waals surface area contributed by atoms with Crippen LogP contribution in [0.2, 0.25) is 0 Å². The highest BCUT2D eigenvalue weighted by molar-refractivity contribution is 7.91. The number of likely N-dealkylation sites (N-methyl/N-ethyl adjacent to an activating group) is 1. The van der Waals surface area contributed by atoms with Crippen molar-refractivity contribution in [2.24, 2.45) is 5.14 Å². The first kappa shape index (κ1) is 11.4. The van der Waals surface area contributed by atoms with Crippen molar-refractivity contribution in [1.82, 2.24) is 4.98 Å². The van der Waals surface area contributed by atoms with E-state index < -0.39 is 10.0 Å². The van der Waals surface area contributed by atoms with Crippen LogP contribution in [0.25, 0.3) is 0 Å². The van der Waals surface area contributed by atoms with Gasteiger partial charge in [0.05, 0.1) is 12.8 Å². The van der Waals surface area contributed by atoms with Crippen LogP contribution in [-0.2, 0) is 10.0 Å². The number of nitrogens with zero attached hydrogens (tertiary/aromatic N) is 2. The third-order valence-corrected chi connectivity index (χ3v) is 4.03. The molecule has 14 heavy (non-hydrogen) atoms. The Hall–Kier alpha value is -0.700. The molecule has 0 spiro atoms. The van der Waals surface area contributed by atoms with E-state index in [4.69, 9.17) is 10.2 Å². The highest BCUT2D eigenvalue weighted by Gasteiger charge is 2.14. The molecule has 3 N–H and O–H groups in total. The Morgan fingerprint density at radius 3 is 2.79 bits per heavy atom. The SMILES string of the molecule is CN(CCO)c1ncc(S(N)(=O)=O)s1. The number of hydrogen-bond donors (Lipinski definition) is 2. The van der Waals surface area contributed by atoms with E-state index in [1.54, 1.807) is 11.9 Å². The van der Waals surface area contributed by atoms with E-state index in [0.717, 1.165) is 11.3 Å². The highest BCUT2D eigenvalue weighted by atomic mass is 32.2. The molecule has 0 saturated carbocycles. The van der Waals surface area contributed by atoms with E-state index in [1.807, 2.05) is 0 Å².